The highest BCUT2D eigenvalue weighted by Gasteiger charge is 2.37. The minimum absolute atomic E-state index is 0.115. The average Bonchev–Trinajstić information content (AvgIpc) is 3.87. The molecule has 2 fully saturated rings. The molecule has 240 valence electrons. The Balaban J connectivity index is 0.000000147. The first-order valence-corrected chi connectivity index (χ1v) is 15.1. The highest BCUT2D eigenvalue weighted by molar-refractivity contribution is 5.29. The SMILES string of the molecule is COc1ccc([C@@H]2OC[C@H]3O[C@@H](n4ccnc4)C=C[C@@H]3O2)cc1.COc1ccc([C@@H]2OC[C@H]3O[C@@H](n4ccnc4)C=C[C@@H]3O2)cc1. The molecule has 0 unspecified atom stereocenters. The lowest BCUT2D eigenvalue weighted by atomic mass is 10.1. The largest absolute Gasteiger partial charge is 0.497 e. The van der Waals surface area contributed by atoms with Crippen LogP contribution >= 0.6 is 0 Å². The maximum absolute atomic E-state index is 6.02. The molecule has 4 aliphatic rings. The van der Waals surface area contributed by atoms with Gasteiger partial charge >= 0.3 is 0 Å². The van der Waals surface area contributed by atoms with Crippen molar-refractivity contribution in [3.8, 4) is 11.5 Å². The number of aromatic nitrogens is 4. The number of ether oxygens (including phenoxy) is 8. The fourth-order valence-corrected chi connectivity index (χ4v) is 5.57. The number of benzene rings is 2. The summed E-state index contributed by atoms with van der Waals surface area (Å²) < 4.78 is 49.9. The second-order valence-corrected chi connectivity index (χ2v) is 11.0. The number of nitrogens with zero attached hydrogens (tertiary/aromatic N) is 4. The van der Waals surface area contributed by atoms with Crippen LogP contribution in [0, 0.1) is 0 Å². The van der Waals surface area contributed by atoms with Crippen LogP contribution in [0.25, 0.3) is 0 Å². The molecule has 12 heteroatoms. The molecular formula is C34H36N4O8. The topological polar surface area (TPSA) is 109 Å². The van der Waals surface area contributed by atoms with Crippen LogP contribution in [0.2, 0.25) is 0 Å². The molecule has 2 aromatic carbocycles. The van der Waals surface area contributed by atoms with E-state index in [1.165, 1.54) is 0 Å². The minimum atomic E-state index is -0.389. The Bertz CT molecular complexity index is 1460. The van der Waals surface area contributed by atoms with Gasteiger partial charge in [0.25, 0.3) is 0 Å². The van der Waals surface area contributed by atoms with Gasteiger partial charge in [-0.2, -0.15) is 0 Å². The van der Waals surface area contributed by atoms with E-state index in [1.807, 2.05) is 94.4 Å². The molecule has 0 amide bonds. The Morgan fingerprint density at radius 2 is 1.02 bits per heavy atom. The van der Waals surface area contributed by atoms with E-state index in [9.17, 15) is 0 Å². The highest BCUT2D eigenvalue weighted by atomic mass is 16.7. The number of imidazole rings is 2. The van der Waals surface area contributed by atoms with E-state index in [-0.39, 0.29) is 49.5 Å². The quantitative estimate of drug-likeness (QED) is 0.273. The fourth-order valence-electron chi connectivity index (χ4n) is 5.57. The number of methoxy groups -OCH3 is 2. The van der Waals surface area contributed by atoms with E-state index in [2.05, 4.69) is 9.97 Å². The predicted molar refractivity (Wildman–Crippen MR) is 164 cm³/mol. The van der Waals surface area contributed by atoms with Gasteiger partial charge in [0.2, 0.25) is 0 Å². The summed E-state index contributed by atoms with van der Waals surface area (Å²) in [7, 11) is 3.29. The molecule has 0 aliphatic carbocycles. The van der Waals surface area contributed by atoms with Crippen LogP contribution in [-0.2, 0) is 28.4 Å². The second kappa shape index (κ2) is 14.0. The van der Waals surface area contributed by atoms with Gasteiger partial charge in [-0.25, -0.2) is 9.97 Å². The zero-order valence-corrected chi connectivity index (χ0v) is 25.5. The molecule has 46 heavy (non-hydrogen) atoms. The molecule has 0 N–H and O–H groups in total. The third kappa shape index (κ3) is 6.77. The average molecular weight is 629 g/mol. The molecule has 4 aliphatic heterocycles. The number of hydrogen-bond donors (Lipinski definition) is 0. The molecule has 0 radical (unpaired) electrons. The van der Waals surface area contributed by atoms with Crippen LogP contribution in [0.15, 0.2) is 110 Å². The second-order valence-electron chi connectivity index (χ2n) is 11.0. The Hall–Kier alpha value is -4.30. The van der Waals surface area contributed by atoms with Gasteiger partial charge in [0, 0.05) is 35.9 Å². The van der Waals surface area contributed by atoms with Crippen LogP contribution in [0.3, 0.4) is 0 Å². The van der Waals surface area contributed by atoms with Crippen molar-refractivity contribution in [2.75, 3.05) is 27.4 Å². The van der Waals surface area contributed by atoms with Gasteiger partial charge < -0.3 is 47.0 Å². The van der Waals surface area contributed by atoms with Crippen molar-refractivity contribution in [3.63, 3.8) is 0 Å². The van der Waals surface area contributed by atoms with Gasteiger partial charge in [-0.15, -0.1) is 0 Å². The number of hydrogen-bond acceptors (Lipinski definition) is 10. The van der Waals surface area contributed by atoms with Gasteiger partial charge in [0.15, 0.2) is 25.0 Å². The first-order chi connectivity index (χ1) is 22.7. The third-order valence-electron chi connectivity index (χ3n) is 8.09. The zero-order valence-electron chi connectivity index (χ0n) is 25.5. The number of fused-ring (bicyclic) bond motifs is 2. The van der Waals surface area contributed by atoms with Gasteiger partial charge in [0.1, 0.15) is 35.9 Å². The Morgan fingerprint density at radius 1 is 0.587 bits per heavy atom. The fraction of sp³-hybridized carbons (Fsp3) is 0.353. The van der Waals surface area contributed by atoms with Crippen LogP contribution in [0.5, 0.6) is 11.5 Å². The van der Waals surface area contributed by atoms with E-state index in [4.69, 9.17) is 37.9 Å². The van der Waals surface area contributed by atoms with Crippen molar-refractivity contribution in [2.45, 2.75) is 49.5 Å². The Kier molecular flexibility index (Phi) is 9.24. The molecule has 0 spiro atoms. The zero-order chi connectivity index (χ0) is 31.3. The summed E-state index contributed by atoms with van der Waals surface area (Å²) in [5.74, 6) is 1.62. The number of rotatable bonds is 6. The van der Waals surface area contributed by atoms with Crippen molar-refractivity contribution in [2.24, 2.45) is 0 Å². The summed E-state index contributed by atoms with van der Waals surface area (Å²) in [6, 6.07) is 15.4. The summed E-state index contributed by atoms with van der Waals surface area (Å²) in [5.41, 5.74) is 1.93. The lowest BCUT2D eigenvalue weighted by molar-refractivity contribution is -0.267. The van der Waals surface area contributed by atoms with Crippen molar-refractivity contribution < 1.29 is 37.9 Å². The molecule has 6 heterocycles. The van der Waals surface area contributed by atoms with E-state index in [1.54, 1.807) is 39.3 Å². The first-order valence-electron chi connectivity index (χ1n) is 15.1. The van der Waals surface area contributed by atoms with E-state index in [0.717, 1.165) is 22.6 Å². The lowest BCUT2D eigenvalue weighted by Gasteiger charge is -2.39. The summed E-state index contributed by atoms with van der Waals surface area (Å²) in [6.07, 6.45) is 17.2. The van der Waals surface area contributed by atoms with Crippen LogP contribution in [-0.4, -0.2) is 71.0 Å². The van der Waals surface area contributed by atoms with Gasteiger partial charge in [-0.3, -0.25) is 0 Å². The molecule has 0 saturated carbocycles. The molecule has 2 aromatic heterocycles. The van der Waals surface area contributed by atoms with Crippen molar-refractivity contribution in [1.82, 2.24) is 19.1 Å². The minimum Gasteiger partial charge on any atom is -0.497 e. The van der Waals surface area contributed by atoms with Crippen molar-refractivity contribution >= 4 is 0 Å². The normalized spacial score (nSPS) is 30.0. The van der Waals surface area contributed by atoms with E-state index >= 15 is 0 Å². The molecule has 4 aromatic rings. The Morgan fingerprint density at radius 3 is 1.39 bits per heavy atom. The van der Waals surface area contributed by atoms with Gasteiger partial charge in [-0.1, -0.05) is 36.4 Å². The maximum atomic E-state index is 6.02. The van der Waals surface area contributed by atoms with Gasteiger partial charge in [-0.05, 0) is 36.4 Å². The maximum Gasteiger partial charge on any atom is 0.184 e. The summed E-state index contributed by atoms with van der Waals surface area (Å²) in [4.78, 5) is 8.09. The molecule has 8 rings (SSSR count). The first kappa shape index (κ1) is 30.4. The lowest BCUT2D eigenvalue weighted by Crippen LogP contribution is -2.44. The third-order valence-corrected chi connectivity index (χ3v) is 8.09. The molecule has 8 atom stereocenters. The van der Waals surface area contributed by atoms with E-state index < -0.39 is 0 Å². The van der Waals surface area contributed by atoms with E-state index in [0.29, 0.717) is 13.2 Å². The molecule has 2 saturated heterocycles. The van der Waals surface area contributed by atoms with Crippen LogP contribution in [0.1, 0.15) is 36.2 Å². The van der Waals surface area contributed by atoms with Crippen LogP contribution in [0.4, 0.5) is 0 Å². The predicted octanol–water partition coefficient (Wildman–Crippen LogP) is 4.92. The summed E-state index contributed by atoms with van der Waals surface area (Å²) in [5, 5.41) is 0. The Labute approximate surface area is 266 Å². The summed E-state index contributed by atoms with van der Waals surface area (Å²) in [6.45, 7) is 0.966. The molecule has 0 bridgehead atoms. The van der Waals surface area contributed by atoms with Gasteiger partial charge in [0.05, 0.1) is 40.1 Å². The summed E-state index contributed by atoms with van der Waals surface area (Å²) >= 11 is 0. The van der Waals surface area contributed by atoms with Crippen molar-refractivity contribution in [3.05, 3.63) is 121 Å². The van der Waals surface area contributed by atoms with Crippen molar-refractivity contribution in [1.29, 1.82) is 0 Å². The highest BCUT2D eigenvalue weighted by Crippen LogP contribution is 2.35. The monoisotopic (exact) mass is 628 g/mol. The molecular weight excluding hydrogens is 592 g/mol. The molecule has 12 nitrogen and oxygen atoms in total. The standard InChI is InChI=1S/2C17H18N2O4/c2*1-20-13-4-2-12(3-5-13)17-21-10-15-14(23-17)6-7-16(22-15)19-9-8-18-11-19/h2*2-9,11,14-17H,10H2,1H3/t2*14-,15+,16+,17+/m00/s1. The van der Waals surface area contributed by atoms with Crippen LogP contribution < -0.4 is 9.47 Å². The smallest absolute Gasteiger partial charge is 0.184 e.